The molecular weight excluding hydrogens is 272 g/mol. The number of anilines is 1. The molecule has 8 nitrogen and oxygen atoms in total. The second kappa shape index (κ2) is 8.09. The van der Waals surface area contributed by atoms with Gasteiger partial charge in [-0.15, -0.1) is 0 Å². The molecule has 1 aromatic carbocycles. The van der Waals surface area contributed by atoms with Gasteiger partial charge in [-0.05, 0) is 24.3 Å². The topological polar surface area (TPSA) is 111 Å². The molecule has 0 bridgehead atoms. The van der Waals surface area contributed by atoms with Crippen molar-refractivity contribution in [2.75, 3.05) is 25.0 Å². The van der Waals surface area contributed by atoms with Gasteiger partial charge >= 0.3 is 5.91 Å². The zero-order valence-corrected chi connectivity index (χ0v) is 11.0. The highest BCUT2D eigenvalue weighted by molar-refractivity contribution is 7.73. The Labute approximate surface area is 111 Å². The summed E-state index contributed by atoms with van der Waals surface area (Å²) in [6, 6.07) is 5.79. The molecule has 0 aliphatic carbocycles. The number of carbonyl (C=O) groups is 1. The van der Waals surface area contributed by atoms with Crippen LogP contribution in [-0.4, -0.2) is 34.6 Å². The molecule has 0 aliphatic heterocycles. The van der Waals surface area contributed by atoms with E-state index in [-0.39, 0.29) is 5.56 Å². The number of hydrogen-bond donors (Lipinski definition) is 2. The zero-order valence-electron chi connectivity index (χ0n) is 10.1. The smallest absolute Gasteiger partial charge is 0.360 e. The van der Waals surface area contributed by atoms with E-state index in [4.69, 9.17) is 4.74 Å². The molecule has 1 rings (SSSR count). The van der Waals surface area contributed by atoms with Crippen LogP contribution in [0, 0.1) is 0 Å². The van der Waals surface area contributed by atoms with E-state index in [0.29, 0.717) is 18.8 Å². The van der Waals surface area contributed by atoms with Crippen LogP contribution in [-0.2, 0) is 15.6 Å². The number of carbonyl (C=O) groups excluding carboxylic acids is 1. The van der Waals surface area contributed by atoms with E-state index in [1.54, 1.807) is 0 Å². The van der Waals surface area contributed by atoms with Crippen molar-refractivity contribution in [2.45, 2.75) is 0 Å². The molecule has 0 saturated heterocycles. The Hall–Kier alpha value is -2.09. The molecule has 0 fully saturated rings. The van der Waals surface area contributed by atoms with Gasteiger partial charge in [0.1, 0.15) is 11.7 Å². The number of methoxy groups -OCH3 is 1. The summed E-state index contributed by atoms with van der Waals surface area (Å²) >= 11 is 0. The van der Waals surface area contributed by atoms with Crippen molar-refractivity contribution >= 4 is 22.5 Å². The summed E-state index contributed by atoms with van der Waals surface area (Å²) in [4.78, 5) is 14.9. The SMILES string of the molecule is COCCN=[N+]=NC(=O)c1ccc(N[SH](=O)=O)cc1. The quantitative estimate of drug-likeness (QED) is 0.340. The Kier molecular flexibility index (Phi) is 6.37. The van der Waals surface area contributed by atoms with Gasteiger partial charge in [0.2, 0.25) is 20.9 Å². The second-order valence-corrected chi connectivity index (χ2v) is 4.04. The normalized spacial score (nSPS) is 9.79. The predicted octanol–water partition coefficient (Wildman–Crippen LogP) is 0.383. The Morgan fingerprint density at radius 2 is 2.05 bits per heavy atom. The molecule has 0 unspecified atom stereocenters. The molecule has 1 aromatic rings. The van der Waals surface area contributed by atoms with E-state index in [2.05, 4.69) is 19.9 Å². The molecule has 0 spiro atoms. The first-order valence-electron chi connectivity index (χ1n) is 5.25. The molecule has 19 heavy (non-hydrogen) atoms. The number of ether oxygens (including phenoxy) is 1. The highest BCUT2D eigenvalue weighted by Crippen LogP contribution is 2.09. The summed E-state index contributed by atoms with van der Waals surface area (Å²) < 4.78 is 27.8. The minimum atomic E-state index is -2.72. The largest absolute Gasteiger partial charge is 0.382 e. The summed E-state index contributed by atoms with van der Waals surface area (Å²) in [5.74, 6) is -0.556. The van der Waals surface area contributed by atoms with E-state index in [1.807, 2.05) is 0 Å². The average Bonchev–Trinajstić information content (AvgIpc) is 2.38. The molecule has 1 amide bonds. The van der Waals surface area contributed by atoms with Crippen molar-refractivity contribution in [3.63, 3.8) is 0 Å². The Morgan fingerprint density at radius 1 is 1.37 bits per heavy atom. The first-order chi connectivity index (χ1) is 9.13. The van der Waals surface area contributed by atoms with Crippen LogP contribution in [0.25, 0.3) is 0 Å². The van der Waals surface area contributed by atoms with Crippen LogP contribution in [0.3, 0.4) is 0 Å². The van der Waals surface area contributed by atoms with Crippen LogP contribution in [0.4, 0.5) is 5.69 Å². The summed E-state index contributed by atoms with van der Waals surface area (Å²) in [6.07, 6.45) is 0. The van der Waals surface area contributed by atoms with Gasteiger partial charge in [0.25, 0.3) is 0 Å². The van der Waals surface area contributed by atoms with Crippen molar-refractivity contribution < 1.29 is 17.9 Å². The lowest BCUT2D eigenvalue weighted by atomic mass is 10.2. The minimum absolute atomic E-state index is 0.289. The molecule has 1 N–H and O–H groups in total. The first-order valence-corrected chi connectivity index (χ1v) is 6.43. The van der Waals surface area contributed by atoms with Crippen LogP contribution in [0.2, 0.25) is 0 Å². The van der Waals surface area contributed by atoms with Crippen LogP contribution >= 0.6 is 0 Å². The van der Waals surface area contributed by atoms with Crippen molar-refractivity contribution in [2.24, 2.45) is 10.2 Å². The number of hydrogen-bond acceptors (Lipinski definition) is 5. The van der Waals surface area contributed by atoms with Gasteiger partial charge in [-0.1, -0.05) is 0 Å². The lowest BCUT2D eigenvalue weighted by Crippen LogP contribution is -1.98. The third kappa shape index (κ3) is 5.87. The fourth-order valence-electron chi connectivity index (χ4n) is 1.10. The molecule has 0 saturated carbocycles. The third-order valence-corrected chi connectivity index (χ3v) is 2.39. The molecule has 0 atom stereocenters. The maximum absolute atomic E-state index is 11.5. The number of benzene rings is 1. The zero-order chi connectivity index (χ0) is 14.1. The van der Waals surface area contributed by atoms with Crippen molar-refractivity contribution in [1.82, 2.24) is 4.91 Å². The monoisotopic (exact) mass is 285 g/mol. The van der Waals surface area contributed by atoms with Crippen molar-refractivity contribution in [1.29, 1.82) is 0 Å². The Morgan fingerprint density at radius 3 is 2.63 bits per heavy atom. The van der Waals surface area contributed by atoms with E-state index in [9.17, 15) is 13.2 Å². The summed E-state index contributed by atoms with van der Waals surface area (Å²) in [5.41, 5.74) is 0.659. The molecule has 0 heterocycles. The second-order valence-electron chi connectivity index (χ2n) is 3.30. The average molecular weight is 285 g/mol. The number of nitrogens with zero attached hydrogens (tertiary/aromatic N) is 3. The van der Waals surface area contributed by atoms with Crippen molar-refractivity contribution in [3.8, 4) is 0 Å². The molecular formula is C10H13N4O4S+. The summed E-state index contributed by atoms with van der Waals surface area (Å²) in [7, 11) is -1.19. The highest BCUT2D eigenvalue weighted by atomic mass is 32.2. The van der Waals surface area contributed by atoms with E-state index >= 15 is 0 Å². The van der Waals surface area contributed by atoms with E-state index in [1.165, 1.54) is 31.4 Å². The van der Waals surface area contributed by atoms with Crippen LogP contribution in [0.5, 0.6) is 0 Å². The van der Waals surface area contributed by atoms with Gasteiger partial charge in [0.15, 0.2) is 0 Å². The highest BCUT2D eigenvalue weighted by Gasteiger charge is 2.09. The van der Waals surface area contributed by atoms with E-state index < -0.39 is 16.8 Å². The Bertz CT molecular complexity index is 553. The van der Waals surface area contributed by atoms with Gasteiger partial charge in [0, 0.05) is 18.4 Å². The number of amides is 1. The van der Waals surface area contributed by atoms with Crippen LogP contribution in [0.15, 0.2) is 34.5 Å². The van der Waals surface area contributed by atoms with Crippen LogP contribution < -0.4 is 9.63 Å². The van der Waals surface area contributed by atoms with Crippen molar-refractivity contribution in [3.05, 3.63) is 29.8 Å². The molecule has 9 heteroatoms. The Balaban J connectivity index is 2.65. The molecule has 0 aromatic heterocycles. The number of nitrogens with one attached hydrogen (secondary N) is 1. The minimum Gasteiger partial charge on any atom is -0.382 e. The molecule has 0 aliphatic rings. The van der Waals surface area contributed by atoms with Gasteiger partial charge in [-0.25, -0.2) is 8.42 Å². The van der Waals surface area contributed by atoms with Gasteiger partial charge in [-0.2, -0.15) is 0 Å². The fraction of sp³-hybridized carbons (Fsp3) is 0.300. The standard InChI is InChI=1S/C10H12N4O4S/c1-18-7-6-11-14-12-10(15)8-2-4-9(5-3-8)13-19(16)17/h2-5,19H,6-7H2,1H3/p+1. The summed E-state index contributed by atoms with van der Waals surface area (Å²) in [5, 5.41) is 6.98. The maximum Gasteiger partial charge on any atom is 0.360 e. The first kappa shape index (κ1) is 15.0. The molecule has 102 valence electrons. The fourth-order valence-corrected chi connectivity index (χ4v) is 1.46. The predicted molar refractivity (Wildman–Crippen MR) is 68.4 cm³/mol. The van der Waals surface area contributed by atoms with E-state index in [0.717, 1.165) is 0 Å². The van der Waals surface area contributed by atoms with Gasteiger partial charge in [0.05, 0.1) is 6.61 Å². The third-order valence-electron chi connectivity index (χ3n) is 1.95. The lowest BCUT2D eigenvalue weighted by molar-refractivity contribution is 0.0992. The van der Waals surface area contributed by atoms with Crippen LogP contribution in [0.1, 0.15) is 10.4 Å². The lowest BCUT2D eigenvalue weighted by Gasteiger charge is -1.97. The van der Waals surface area contributed by atoms with Gasteiger partial charge < -0.3 is 4.74 Å². The summed E-state index contributed by atoms with van der Waals surface area (Å²) in [6.45, 7) is 0.730. The maximum atomic E-state index is 11.5. The van der Waals surface area contributed by atoms with Gasteiger partial charge in [-0.3, -0.25) is 9.52 Å². The molecule has 0 radical (unpaired) electrons. The number of rotatable bonds is 6. The number of thiol groups is 1.